The lowest BCUT2D eigenvalue weighted by Crippen LogP contribution is -2.47. The van der Waals surface area contributed by atoms with Crippen molar-refractivity contribution in [1.29, 1.82) is 0 Å². The maximum Gasteiger partial charge on any atom is 0.325 e. The van der Waals surface area contributed by atoms with Crippen molar-refractivity contribution in [2.45, 2.75) is 106 Å². The Bertz CT molecular complexity index is 3260. The largest absolute Gasteiger partial charge is 0.507 e. The molecule has 9 atom stereocenters. The van der Waals surface area contributed by atoms with Crippen LogP contribution in [0.2, 0.25) is 0 Å². The Kier molecular flexibility index (Phi) is 16.9. The second kappa shape index (κ2) is 22.8. The van der Waals surface area contributed by atoms with Crippen molar-refractivity contribution in [1.82, 2.24) is 10.0 Å². The molecule has 406 valence electrons. The summed E-state index contributed by atoms with van der Waals surface area (Å²) in [6.45, 7) is 15.3. The topological polar surface area (TPSA) is 299 Å². The number of rotatable bonds is 10. The molecule has 1 saturated heterocycles. The van der Waals surface area contributed by atoms with Crippen LogP contribution in [0.5, 0.6) is 11.5 Å². The number of nitrogens with zero attached hydrogens (tertiary/aromatic N) is 3. The van der Waals surface area contributed by atoms with Gasteiger partial charge in [0.2, 0.25) is 10.9 Å². The van der Waals surface area contributed by atoms with E-state index in [9.17, 15) is 58.8 Å². The lowest BCUT2D eigenvalue weighted by atomic mass is 9.77. The number of aliphatic hydroxyl groups is 3. The number of hydrogen-bond donors (Lipinski definition) is 5. The number of aromatic hydroxyl groups is 1. The quantitative estimate of drug-likeness (QED) is 0.0480. The molecule has 1 aromatic heterocycles. The maximum atomic E-state index is 14.9. The number of ether oxygens (including phenoxy) is 3. The van der Waals surface area contributed by atoms with Crippen molar-refractivity contribution < 1.29 is 72.7 Å². The lowest BCUT2D eigenvalue weighted by Gasteiger charge is -2.37. The Morgan fingerprint density at radius 2 is 1.58 bits per heavy atom. The number of aromatic nitrogens is 1. The Labute approximate surface area is 436 Å². The molecular weight excluding hydrogens is 989 g/mol. The molecule has 1 fully saturated rings. The van der Waals surface area contributed by atoms with E-state index in [1.54, 1.807) is 39.0 Å². The summed E-state index contributed by atoms with van der Waals surface area (Å²) in [5.41, 5.74) is -2.39. The van der Waals surface area contributed by atoms with Crippen LogP contribution in [0, 0.1) is 42.4 Å². The number of piperazine rings is 1. The van der Waals surface area contributed by atoms with Gasteiger partial charge < -0.3 is 63.7 Å². The van der Waals surface area contributed by atoms with E-state index in [0.29, 0.717) is 18.3 Å². The summed E-state index contributed by atoms with van der Waals surface area (Å²) in [6, 6.07) is 2.84. The SMILES string of the molecule is CC(=O)O[C@H]1[C@H](C)[C@H](O)[C@H](C)[C@@H](O)[C@@H](C)/C=C/C=C(/C)C(=O)Nc2c(=O)c3c(O)c(C)c4c(c3c3nc5c(=O)cc(N6CCN(OC(=O)CCC(=O)CC(C=O)C=O)CC6)cc5oc23)=C(O)[C@@](C)(O/C=C/[C@H](C)[C@H]1C)O4. The zero-order chi connectivity index (χ0) is 55.7. The van der Waals surface area contributed by atoms with Crippen LogP contribution in [0.3, 0.4) is 0 Å². The summed E-state index contributed by atoms with van der Waals surface area (Å²) in [7, 11) is 0. The highest BCUT2D eigenvalue weighted by Gasteiger charge is 2.44. The Balaban J connectivity index is 1.33. The van der Waals surface area contributed by atoms with Crippen LogP contribution in [0.1, 0.15) is 80.2 Å². The van der Waals surface area contributed by atoms with Crippen LogP contribution >= 0.6 is 0 Å². The first-order valence-electron chi connectivity index (χ1n) is 25.1. The van der Waals surface area contributed by atoms with Crippen LogP contribution in [0.15, 0.2) is 62.3 Å². The van der Waals surface area contributed by atoms with Gasteiger partial charge >= 0.3 is 17.7 Å². The van der Waals surface area contributed by atoms with E-state index in [1.165, 1.54) is 57.2 Å². The number of hydroxylamine groups is 2. The van der Waals surface area contributed by atoms with Crippen LogP contribution in [-0.4, -0.2) is 117 Å². The standard InChI is InChI=1S/C55H64N4O17/c1-26-15-20-72-55(9)53(70)42-40-41(48(68)32(7)51(42)75-55)49(69)45(57-54(71)28(3)12-10-11-27(2)46(66)30(5)47(67)31(6)50(29(26)4)73-33(8)62)52-44(40)56-43-37(64)22-35(23-38(43)74-52)58-16-18-59(19-17-58)76-39(65)14-13-36(63)21-34(24-60)25-61/h10-12,15,20,22-27,29-31,34,46-47,50,66-68,70H,13-14,16-19,21H2,1-9H3,(H,57,71)/b11-10+,20-15+,28-12-/t26-,27-,29+,30+,31+,46-,47+,50+,55-/m0/s1. The second-order valence-electron chi connectivity index (χ2n) is 20.3. The molecule has 4 aromatic rings. The van der Waals surface area contributed by atoms with Gasteiger partial charge in [-0.05, 0) is 31.8 Å². The highest BCUT2D eigenvalue weighted by Crippen LogP contribution is 2.42. The smallest absolute Gasteiger partial charge is 0.325 e. The van der Waals surface area contributed by atoms with E-state index in [2.05, 4.69) is 5.32 Å². The van der Waals surface area contributed by atoms with Gasteiger partial charge in [-0.2, -0.15) is 0 Å². The number of nitrogens with one attached hydrogen (secondary N) is 1. The summed E-state index contributed by atoms with van der Waals surface area (Å²) in [6.07, 6.45) is 4.49. The highest BCUT2D eigenvalue weighted by atomic mass is 16.7. The van der Waals surface area contributed by atoms with E-state index in [4.69, 9.17) is 28.4 Å². The van der Waals surface area contributed by atoms with Gasteiger partial charge in [-0.3, -0.25) is 28.8 Å². The molecule has 0 unspecified atom stereocenters. The number of Topliss-reactive ketones (excluding diaryl/α,β-unsaturated/α-hetero) is 1. The van der Waals surface area contributed by atoms with Gasteiger partial charge in [-0.1, -0.05) is 52.8 Å². The number of phenolic OH excluding ortho intramolecular Hbond substituents is 1. The van der Waals surface area contributed by atoms with Gasteiger partial charge in [0.05, 0.1) is 54.5 Å². The van der Waals surface area contributed by atoms with Crippen LogP contribution in [-0.2, 0) is 43.1 Å². The fraction of sp³-hybridized carbons (Fsp3) is 0.473. The predicted octanol–water partition coefficient (Wildman–Crippen LogP) is 4.51. The number of carbonyl (C=O) groups is 6. The normalized spacial score (nSPS) is 27.4. The molecule has 0 radical (unpaired) electrons. The van der Waals surface area contributed by atoms with Crippen molar-refractivity contribution in [2.24, 2.45) is 35.5 Å². The van der Waals surface area contributed by atoms with Gasteiger partial charge in [0.1, 0.15) is 47.2 Å². The number of amides is 1. The number of esters is 1. The first kappa shape index (κ1) is 56.2. The molecule has 4 aliphatic heterocycles. The summed E-state index contributed by atoms with van der Waals surface area (Å²) in [5, 5.41) is 50.5. The van der Waals surface area contributed by atoms with Gasteiger partial charge in [0.15, 0.2) is 22.4 Å². The van der Waals surface area contributed by atoms with E-state index in [1.807, 2.05) is 18.7 Å². The number of anilines is 2. The molecule has 4 aliphatic rings. The molecule has 1 amide bonds. The number of aldehydes is 2. The third-order valence-electron chi connectivity index (χ3n) is 14.8. The van der Waals surface area contributed by atoms with Gasteiger partial charge in [0.25, 0.3) is 5.91 Å². The molecule has 76 heavy (non-hydrogen) atoms. The maximum absolute atomic E-state index is 14.9. The first-order valence-corrected chi connectivity index (χ1v) is 25.1. The molecule has 0 spiro atoms. The molecule has 21 heteroatoms. The molecule has 21 nitrogen and oxygen atoms in total. The predicted molar refractivity (Wildman–Crippen MR) is 278 cm³/mol. The Morgan fingerprint density at radius 1 is 0.895 bits per heavy atom. The molecule has 0 saturated carbocycles. The zero-order valence-electron chi connectivity index (χ0n) is 43.8. The van der Waals surface area contributed by atoms with E-state index in [-0.39, 0.29) is 95.1 Å². The Hall–Kier alpha value is -7.49. The van der Waals surface area contributed by atoms with E-state index >= 15 is 0 Å². The first-order chi connectivity index (χ1) is 35.9. The molecular formula is C55H64N4O17. The summed E-state index contributed by atoms with van der Waals surface area (Å²) in [5.74, 6) is -9.50. The molecule has 5 bridgehead atoms. The third-order valence-corrected chi connectivity index (χ3v) is 14.8. The summed E-state index contributed by atoms with van der Waals surface area (Å²) in [4.78, 5) is 114. The number of allylic oxidation sites excluding steroid dienone is 3. The minimum Gasteiger partial charge on any atom is -0.507 e. The van der Waals surface area contributed by atoms with Crippen LogP contribution < -0.4 is 31.0 Å². The number of carbonyl (C=O) groups excluding carboxylic acids is 6. The fourth-order valence-corrected chi connectivity index (χ4v) is 9.89. The summed E-state index contributed by atoms with van der Waals surface area (Å²) < 4.78 is 24.7. The number of fused-ring (bicyclic) bond motifs is 14. The van der Waals surface area contributed by atoms with Crippen molar-refractivity contribution >= 4 is 86.3 Å². The number of ketones is 1. The third kappa shape index (κ3) is 11.2. The van der Waals surface area contributed by atoms with Gasteiger partial charge in [-0.25, -0.2) is 4.98 Å². The minimum absolute atomic E-state index is 0.0202. The van der Waals surface area contributed by atoms with Crippen molar-refractivity contribution in [3.63, 3.8) is 0 Å². The van der Waals surface area contributed by atoms with Crippen molar-refractivity contribution in [2.75, 3.05) is 36.4 Å². The minimum atomic E-state index is -1.99. The molecule has 5 N–H and O–H groups in total. The molecule has 5 heterocycles. The van der Waals surface area contributed by atoms with E-state index < -0.39 is 117 Å². The number of benzene rings is 3. The van der Waals surface area contributed by atoms with Gasteiger partial charge in [0, 0.05) is 91.9 Å². The average Bonchev–Trinajstić information content (AvgIpc) is 3.67. The average molecular weight is 1050 g/mol. The monoisotopic (exact) mass is 1050 g/mol. The van der Waals surface area contributed by atoms with E-state index in [0.717, 1.165) is 0 Å². The molecule has 3 aromatic carbocycles. The molecule has 0 aliphatic carbocycles. The fourth-order valence-electron chi connectivity index (χ4n) is 9.89. The zero-order valence-corrected chi connectivity index (χ0v) is 43.8. The van der Waals surface area contributed by atoms with Crippen molar-refractivity contribution in [3.05, 3.63) is 79.5 Å². The number of phenols is 1. The van der Waals surface area contributed by atoms with Crippen LogP contribution in [0.25, 0.3) is 38.7 Å². The summed E-state index contributed by atoms with van der Waals surface area (Å²) >= 11 is 0. The number of aliphatic hydroxyl groups excluding tert-OH is 3. The van der Waals surface area contributed by atoms with Crippen molar-refractivity contribution in [3.8, 4) is 11.5 Å². The number of hydrogen-bond acceptors (Lipinski definition) is 20. The Morgan fingerprint density at radius 3 is 2.24 bits per heavy atom. The second-order valence-corrected chi connectivity index (χ2v) is 20.3. The molecule has 8 rings (SSSR count). The van der Waals surface area contributed by atoms with Gasteiger partial charge in [-0.15, -0.1) is 5.06 Å². The van der Waals surface area contributed by atoms with Crippen LogP contribution in [0.4, 0.5) is 11.4 Å². The highest BCUT2D eigenvalue weighted by molar-refractivity contribution is 6.17. The lowest BCUT2D eigenvalue weighted by molar-refractivity contribution is -0.192.